The standard InChI is InChI=1S/C26H35N3O4/c1-4-21(3)33-26(30)9-6-12-32-25-17-24(29-10-13-31-14-11-29)16-23(28-25)19-27-18-22-8-5-7-20(2)15-22/h5,7-8,15-18,21H,4,6,9-14,19H2,1-3H3. The van der Waals surface area contributed by atoms with Crippen molar-refractivity contribution in [2.75, 3.05) is 37.8 Å². The van der Waals surface area contributed by atoms with Crippen LogP contribution in [0.5, 0.6) is 5.88 Å². The number of ether oxygens (including phenoxy) is 3. The topological polar surface area (TPSA) is 73.2 Å². The van der Waals surface area contributed by atoms with Crippen LogP contribution < -0.4 is 9.64 Å². The van der Waals surface area contributed by atoms with E-state index >= 15 is 0 Å². The molecule has 0 bridgehead atoms. The van der Waals surface area contributed by atoms with E-state index in [0.29, 0.717) is 45.1 Å². The van der Waals surface area contributed by atoms with Gasteiger partial charge in [-0.25, -0.2) is 4.98 Å². The van der Waals surface area contributed by atoms with E-state index in [1.54, 1.807) is 0 Å². The van der Waals surface area contributed by atoms with Crippen LogP contribution in [-0.2, 0) is 20.8 Å². The van der Waals surface area contributed by atoms with Gasteiger partial charge in [0.15, 0.2) is 0 Å². The number of morpholine rings is 1. The number of pyridine rings is 1. The molecule has 3 rings (SSSR count). The first-order chi connectivity index (χ1) is 16.0. The molecule has 1 fully saturated rings. The van der Waals surface area contributed by atoms with Crippen molar-refractivity contribution in [3.8, 4) is 5.88 Å². The second-order valence-electron chi connectivity index (χ2n) is 8.30. The zero-order valence-electron chi connectivity index (χ0n) is 20.0. The second kappa shape index (κ2) is 12.9. The summed E-state index contributed by atoms with van der Waals surface area (Å²) in [5, 5.41) is 0. The molecule has 1 aromatic heterocycles. The lowest BCUT2D eigenvalue weighted by molar-refractivity contribution is -0.148. The predicted molar refractivity (Wildman–Crippen MR) is 130 cm³/mol. The van der Waals surface area contributed by atoms with E-state index in [1.165, 1.54) is 5.56 Å². The molecule has 1 aliphatic heterocycles. The molecular formula is C26H35N3O4. The molecule has 1 atom stereocenters. The molecule has 178 valence electrons. The molecule has 0 N–H and O–H groups in total. The fourth-order valence-corrected chi connectivity index (χ4v) is 3.46. The van der Waals surface area contributed by atoms with Crippen LogP contribution in [-0.4, -0.2) is 56.2 Å². The average molecular weight is 454 g/mol. The molecule has 0 amide bonds. The molecule has 0 saturated carbocycles. The zero-order chi connectivity index (χ0) is 23.5. The maximum absolute atomic E-state index is 11.9. The van der Waals surface area contributed by atoms with Crippen molar-refractivity contribution < 1.29 is 19.0 Å². The fourth-order valence-electron chi connectivity index (χ4n) is 3.46. The summed E-state index contributed by atoms with van der Waals surface area (Å²) in [5.74, 6) is 0.365. The summed E-state index contributed by atoms with van der Waals surface area (Å²) in [6, 6.07) is 12.2. The molecule has 0 aliphatic carbocycles. The number of nitrogens with zero attached hydrogens (tertiary/aromatic N) is 3. The Labute approximate surface area is 196 Å². The first-order valence-corrected chi connectivity index (χ1v) is 11.8. The number of benzene rings is 1. The Hall–Kier alpha value is -2.93. The summed E-state index contributed by atoms with van der Waals surface area (Å²) < 4.78 is 16.7. The molecule has 7 nitrogen and oxygen atoms in total. The third-order valence-electron chi connectivity index (χ3n) is 5.43. The number of anilines is 1. The largest absolute Gasteiger partial charge is 0.478 e. The number of aryl methyl sites for hydroxylation is 1. The van der Waals surface area contributed by atoms with Crippen molar-refractivity contribution in [3.05, 3.63) is 53.2 Å². The van der Waals surface area contributed by atoms with Crippen LogP contribution in [0.4, 0.5) is 5.69 Å². The van der Waals surface area contributed by atoms with Crippen molar-refractivity contribution >= 4 is 17.9 Å². The molecule has 1 unspecified atom stereocenters. The molecule has 2 heterocycles. The summed E-state index contributed by atoms with van der Waals surface area (Å²) in [5.41, 5.74) is 4.17. The van der Waals surface area contributed by atoms with Gasteiger partial charge in [-0.05, 0) is 38.3 Å². The van der Waals surface area contributed by atoms with E-state index in [-0.39, 0.29) is 12.1 Å². The molecule has 1 aromatic carbocycles. The van der Waals surface area contributed by atoms with Crippen LogP contribution in [0.15, 0.2) is 41.4 Å². The number of hydrogen-bond donors (Lipinski definition) is 0. The predicted octanol–water partition coefficient (Wildman–Crippen LogP) is 4.35. The number of rotatable bonds is 11. The Morgan fingerprint density at radius 1 is 1.27 bits per heavy atom. The Balaban J connectivity index is 1.62. The van der Waals surface area contributed by atoms with Crippen LogP contribution in [0, 0.1) is 6.92 Å². The average Bonchev–Trinajstić information content (AvgIpc) is 2.82. The Bertz CT molecular complexity index is 926. The molecule has 1 saturated heterocycles. The van der Waals surface area contributed by atoms with Crippen molar-refractivity contribution in [1.29, 1.82) is 0 Å². The minimum Gasteiger partial charge on any atom is -0.478 e. The fraction of sp³-hybridized carbons (Fsp3) is 0.500. The lowest BCUT2D eigenvalue weighted by atomic mass is 10.1. The minimum absolute atomic E-state index is 0.0480. The maximum atomic E-state index is 11.9. The second-order valence-corrected chi connectivity index (χ2v) is 8.30. The molecule has 2 aromatic rings. The summed E-state index contributed by atoms with van der Waals surface area (Å²) >= 11 is 0. The van der Waals surface area contributed by atoms with Crippen LogP contribution in [0.3, 0.4) is 0 Å². The molecular weight excluding hydrogens is 418 g/mol. The molecule has 0 spiro atoms. The van der Waals surface area contributed by atoms with Crippen LogP contribution >= 0.6 is 0 Å². The van der Waals surface area contributed by atoms with Crippen molar-refractivity contribution in [3.63, 3.8) is 0 Å². The third-order valence-corrected chi connectivity index (χ3v) is 5.43. The Morgan fingerprint density at radius 2 is 2.09 bits per heavy atom. The number of esters is 1. The molecule has 0 radical (unpaired) electrons. The number of carbonyl (C=O) groups is 1. The highest BCUT2D eigenvalue weighted by Crippen LogP contribution is 2.23. The number of hydrogen-bond acceptors (Lipinski definition) is 7. The van der Waals surface area contributed by atoms with E-state index in [4.69, 9.17) is 14.2 Å². The SMILES string of the molecule is CCC(C)OC(=O)CCCOc1cc(N2CCOCC2)cc(CN=Cc2cccc(C)c2)n1. The smallest absolute Gasteiger partial charge is 0.306 e. The van der Waals surface area contributed by atoms with Crippen molar-refractivity contribution in [1.82, 2.24) is 4.98 Å². The van der Waals surface area contributed by atoms with E-state index < -0.39 is 0 Å². The van der Waals surface area contributed by atoms with Crippen molar-refractivity contribution in [2.24, 2.45) is 4.99 Å². The van der Waals surface area contributed by atoms with Gasteiger partial charge in [0.1, 0.15) is 0 Å². The highest BCUT2D eigenvalue weighted by molar-refractivity contribution is 5.79. The number of aromatic nitrogens is 1. The monoisotopic (exact) mass is 453 g/mol. The van der Waals surface area contributed by atoms with Gasteiger partial charge in [0.2, 0.25) is 5.88 Å². The van der Waals surface area contributed by atoms with Gasteiger partial charge < -0.3 is 19.1 Å². The molecule has 1 aliphatic rings. The lowest BCUT2D eigenvalue weighted by Crippen LogP contribution is -2.36. The van der Waals surface area contributed by atoms with Crippen LogP contribution in [0.1, 0.15) is 49.9 Å². The van der Waals surface area contributed by atoms with E-state index in [1.807, 2.05) is 38.3 Å². The quantitative estimate of drug-likeness (QED) is 0.286. The van der Waals surface area contributed by atoms with Gasteiger partial charge in [-0.1, -0.05) is 36.8 Å². The number of carbonyl (C=O) groups excluding carboxylic acids is 1. The summed E-state index contributed by atoms with van der Waals surface area (Å²) in [4.78, 5) is 23.4. The maximum Gasteiger partial charge on any atom is 0.306 e. The van der Waals surface area contributed by atoms with Gasteiger partial charge in [0.25, 0.3) is 0 Å². The van der Waals surface area contributed by atoms with Gasteiger partial charge in [-0.3, -0.25) is 9.79 Å². The van der Waals surface area contributed by atoms with Gasteiger partial charge in [-0.2, -0.15) is 0 Å². The van der Waals surface area contributed by atoms with Gasteiger partial charge in [-0.15, -0.1) is 0 Å². The summed E-state index contributed by atoms with van der Waals surface area (Å²) in [6.07, 6.45) is 3.56. The molecule has 33 heavy (non-hydrogen) atoms. The summed E-state index contributed by atoms with van der Waals surface area (Å²) in [6.45, 7) is 9.90. The van der Waals surface area contributed by atoms with Gasteiger partial charge >= 0.3 is 5.97 Å². The first-order valence-electron chi connectivity index (χ1n) is 11.8. The van der Waals surface area contributed by atoms with E-state index in [2.05, 4.69) is 40.0 Å². The third kappa shape index (κ3) is 8.50. The molecule has 7 heteroatoms. The van der Waals surface area contributed by atoms with Gasteiger partial charge in [0.05, 0.1) is 38.2 Å². The van der Waals surface area contributed by atoms with E-state index in [0.717, 1.165) is 36.5 Å². The Kier molecular flexibility index (Phi) is 9.69. The van der Waals surface area contributed by atoms with E-state index in [9.17, 15) is 4.79 Å². The van der Waals surface area contributed by atoms with Crippen molar-refractivity contribution in [2.45, 2.75) is 52.7 Å². The normalized spacial score (nSPS) is 14.9. The first kappa shape index (κ1) is 24.7. The highest BCUT2D eigenvalue weighted by Gasteiger charge is 2.14. The van der Waals surface area contributed by atoms with Crippen LogP contribution in [0.2, 0.25) is 0 Å². The number of aliphatic imine (C=N–C) groups is 1. The van der Waals surface area contributed by atoms with Gasteiger partial charge in [0, 0.05) is 37.5 Å². The minimum atomic E-state index is -0.186. The Morgan fingerprint density at radius 3 is 2.85 bits per heavy atom. The highest BCUT2D eigenvalue weighted by atomic mass is 16.5. The summed E-state index contributed by atoms with van der Waals surface area (Å²) in [7, 11) is 0. The zero-order valence-corrected chi connectivity index (χ0v) is 20.0. The lowest BCUT2D eigenvalue weighted by Gasteiger charge is -2.29. The van der Waals surface area contributed by atoms with Crippen LogP contribution in [0.25, 0.3) is 0 Å².